The fraction of sp³-hybridized carbons (Fsp3) is 0.172. The quantitative estimate of drug-likeness (QED) is 0.314. The van der Waals surface area contributed by atoms with Crippen LogP contribution < -0.4 is 0 Å². The SMILES string of the molecule is PC1Cc2cccc(-c3ccccc3)c2[C@]12CCc1cccc(-c3ccccc3)c12. The minimum Gasteiger partial charge on any atom is -0.133 e. The molecule has 0 fully saturated rings. The van der Waals surface area contributed by atoms with E-state index in [1.165, 1.54) is 39.8 Å². The highest BCUT2D eigenvalue weighted by Crippen LogP contribution is 2.59. The highest BCUT2D eigenvalue weighted by molar-refractivity contribution is 7.17. The third-order valence-electron chi connectivity index (χ3n) is 7.22. The van der Waals surface area contributed by atoms with Crippen molar-refractivity contribution in [2.24, 2.45) is 0 Å². The standard InChI is InChI=1S/C29H25P/c30-26-19-23-14-8-16-25(21-11-5-2-6-12-21)28(23)29(26)18-17-22-13-7-15-24(27(22)29)20-9-3-1-4-10-20/h1-16,26H,17-19,30H2/t26?,29-/m1/s1. The van der Waals surface area contributed by atoms with Gasteiger partial charge in [-0.15, -0.1) is 9.24 Å². The van der Waals surface area contributed by atoms with Crippen LogP contribution in [0.25, 0.3) is 22.3 Å². The maximum absolute atomic E-state index is 3.24. The molecule has 6 rings (SSSR count). The summed E-state index contributed by atoms with van der Waals surface area (Å²) >= 11 is 0. The first-order valence-electron chi connectivity index (χ1n) is 10.9. The number of benzene rings is 4. The lowest BCUT2D eigenvalue weighted by Gasteiger charge is -2.35. The molecule has 2 aliphatic rings. The second-order valence-corrected chi connectivity index (χ2v) is 9.50. The van der Waals surface area contributed by atoms with E-state index in [9.17, 15) is 0 Å². The smallest absolute Gasteiger partial charge is 0.0289 e. The van der Waals surface area contributed by atoms with Crippen molar-refractivity contribution >= 4 is 9.24 Å². The number of hydrogen-bond donors (Lipinski definition) is 0. The third kappa shape index (κ3) is 2.50. The van der Waals surface area contributed by atoms with Crippen LogP contribution in [0.4, 0.5) is 0 Å². The zero-order valence-electron chi connectivity index (χ0n) is 17.0. The summed E-state index contributed by atoms with van der Waals surface area (Å²) in [6.45, 7) is 0. The lowest BCUT2D eigenvalue weighted by atomic mass is 9.71. The van der Waals surface area contributed by atoms with Crippen molar-refractivity contribution in [2.45, 2.75) is 30.3 Å². The Morgan fingerprint density at radius 1 is 0.600 bits per heavy atom. The van der Waals surface area contributed by atoms with Crippen molar-refractivity contribution in [1.82, 2.24) is 0 Å². The molecule has 0 heterocycles. The summed E-state index contributed by atoms with van der Waals surface area (Å²) in [5.74, 6) is 0. The number of hydrogen-bond acceptors (Lipinski definition) is 0. The van der Waals surface area contributed by atoms with Crippen molar-refractivity contribution in [2.75, 3.05) is 0 Å². The van der Waals surface area contributed by atoms with Crippen molar-refractivity contribution in [3.63, 3.8) is 0 Å². The Morgan fingerprint density at radius 3 is 1.73 bits per heavy atom. The van der Waals surface area contributed by atoms with Crippen LogP contribution in [0.1, 0.15) is 28.7 Å². The van der Waals surface area contributed by atoms with Gasteiger partial charge in [-0.2, -0.15) is 0 Å². The van der Waals surface area contributed by atoms with Gasteiger partial charge in [0.25, 0.3) is 0 Å². The first-order valence-corrected chi connectivity index (χ1v) is 11.6. The van der Waals surface area contributed by atoms with E-state index >= 15 is 0 Å². The Balaban J connectivity index is 1.66. The summed E-state index contributed by atoms with van der Waals surface area (Å²) in [6, 6.07) is 35.8. The van der Waals surface area contributed by atoms with Gasteiger partial charge < -0.3 is 0 Å². The van der Waals surface area contributed by atoms with E-state index in [2.05, 4.69) is 106 Å². The molecule has 0 saturated carbocycles. The van der Waals surface area contributed by atoms with E-state index in [1.54, 1.807) is 11.1 Å². The summed E-state index contributed by atoms with van der Waals surface area (Å²) in [5.41, 5.74) is 12.2. The molecular weight excluding hydrogens is 379 g/mol. The van der Waals surface area contributed by atoms with Crippen LogP contribution in [0.5, 0.6) is 0 Å². The Hall–Kier alpha value is -2.69. The van der Waals surface area contributed by atoms with Gasteiger partial charge in [0, 0.05) is 5.41 Å². The fourth-order valence-corrected chi connectivity index (χ4v) is 6.78. The molecule has 146 valence electrons. The highest BCUT2D eigenvalue weighted by atomic mass is 31.0. The van der Waals surface area contributed by atoms with E-state index in [4.69, 9.17) is 0 Å². The molecule has 0 radical (unpaired) electrons. The second kappa shape index (κ2) is 6.93. The van der Waals surface area contributed by atoms with Crippen molar-refractivity contribution in [3.8, 4) is 22.3 Å². The molecule has 0 N–H and O–H groups in total. The van der Waals surface area contributed by atoms with Crippen molar-refractivity contribution in [1.29, 1.82) is 0 Å². The fourth-order valence-electron chi connectivity index (χ4n) is 6.02. The molecule has 1 spiro atoms. The first-order chi connectivity index (χ1) is 14.8. The second-order valence-electron chi connectivity index (χ2n) is 8.69. The van der Waals surface area contributed by atoms with Gasteiger partial charge in [0.05, 0.1) is 0 Å². The molecule has 0 amide bonds. The van der Waals surface area contributed by atoms with Gasteiger partial charge in [-0.1, -0.05) is 97.1 Å². The van der Waals surface area contributed by atoms with Gasteiger partial charge in [0.1, 0.15) is 0 Å². The zero-order valence-corrected chi connectivity index (χ0v) is 18.2. The molecule has 0 bridgehead atoms. The maximum atomic E-state index is 3.24. The topological polar surface area (TPSA) is 0 Å². The van der Waals surface area contributed by atoms with E-state index in [-0.39, 0.29) is 5.41 Å². The number of rotatable bonds is 2. The maximum Gasteiger partial charge on any atom is 0.0289 e. The van der Waals surface area contributed by atoms with Crippen LogP contribution in [0.3, 0.4) is 0 Å². The monoisotopic (exact) mass is 404 g/mol. The largest absolute Gasteiger partial charge is 0.133 e. The van der Waals surface area contributed by atoms with Crippen LogP contribution in [0, 0.1) is 0 Å². The van der Waals surface area contributed by atoms with Gasteiger partial charge in [-0.25, -0.2) is 0 Å². The Labute approximate surface area is 181 Å². The number of aryl methyl sites for hydroxylation is 1. The number of fused-ring (bicyclic) bond motifs is 4. The van der Waals surface area contributed by atoms with Crippen LogP contribution in [0.15, 0.2) is 97.1 Å². The third-order valence-corrected chi connectivity index (χ3v) is 8.03. The van der Waals surface area contributed by atoms with Crippen LogP contribution in [-0.4, -0.2) is 5.66 Å². The minimum absolute atomic E-state index is 0.0637. The van der Waals surface area contributed by atoms with E-state index in [0.29, 0.717) is 5.66 Å². The Kier molecular flexibility index (Phi) is 4.18. The molecule has 1 heteroatoms. The summed E-state index contributed by atoms with van der Waals surface area (Å²) in [7, 11) is 3.24. The van der Waals surface area contributed by atoms with Crippen molar-refractivity contribution < 1.29 is 0 Å². The molecular formula is C29H25P. The van der Waals surface area contributed by atoms with Crippen LogP contribution >= 0.6 is 9.24 Å². The van der Waals surface area contributed by atoms with Gasteiger partial charge in [-0.05, 0) is 69.4 Å². The predicted molar refractivity (Wildman–Crippen MR) is 130 cm³/mol. The highest BCUT2D eigenvalue weighted by Gasteiger charge is 2.51. The van der Waals surface area contributed by atoms with E-state index in [0.717, 1.165) is 12.8 Å². The van der Waals surface area contributed by atoms with Gasteiger partial charge in [0.2, 0.25) is 0 Å². The summed E-state index contributed by atoms with van der Waals surface area (Å²) < 4.78 is 0. The lowest BCUT2D eigenvalue weighted by Crippen LogP contribution is -2.32. The average molecular weight is 404 g/mol. The lowest BCUT2D eigenvalue weighted by molar-refractivity contribution is 0.522. The molecule has 4 aromatic carbocycles. The molecule has 2 unspecified atom stereocenters. The summed E-state index contributed by atoms with van der Waals surface area (Å²) in [4.78, 5) is 0. The molecule has 0 nitrogen and oxygen atoms in total. The van der Waals surface area contributed by atoms with Crippen LogP contribution in [-0.2, 0) is 18.3 Å². The summed E-state index contributed by atoms with van der Waals surface area (Å²) in [5, 5.41) is 0. The van der Waals surface area contributed by atoms with Gasteiger partial charge >= 0.3 is 0 Å². The van der Waals surface area contributed by atoms with Gasteiger partial charge in [0.15, 0.2) is 0 Å². The molecule has 0 aromatic heterocycles. The summed E-state index contributed by atoms with van der Waals surface area (Å²) in [6.07, 6.45) is 3.48. The molecule has 2 aliphatic carbocycles. The normalized spacial score (nSPS) is 21.6. The predicted octanol–water partition coefficient (Wildman–Crippen LogP) is 7.05. The average Bonchev–Trinajstić information content (AvgIpc) is 3.34. The minimum atomic E-state index is 0.0637. The molecule has 4 aromatic rings. The zero-order chi connectivity index (χ0) is 20.1. The van der Waals surface area contributed by atoms with E-state index < -0.39 is 0 Å². The van der Waals surface area contributed by atoms with Crippen LogP contribution in [0.2, 0.25) is 0 Å². The first kappa shape index (κ1) is 18.1. The van der Waals surface area contributed by atoms with E-state index in [1.807, 2.05) is 0 Å². The molecule has 0 aliphatic heterocycles. The Morgan fingerprint density at radius 2 is 1.13 bits per heavy atom. The van der Waals surface area contributed by atoms with Crippen molar-refractivity contribution in [3.05, 3.63) is 119 Å². The molecule has 0 saturated heterocycles. The van der Waals surface area contributed by atoms with Gasteiger partial charge in [-0.3, -0.25) is 0 Å². The Bertz CT molecular complexity index is 1170. The molecule has 30 heavy (non-hydrogen) atoms. The molecule has 3 atom stereocenters.